The molecule has 0 saturated carbocycles. The van der Waals surface area contributed by atoms with Gasteiger partial charge in [0.2, 0.25) is 10.0 Å². The Morgan fingerprint density at radius 2 is 2.00 bits per heavy atom. The number of hydrogen-bond donors (Lipinski definition) is 2. The van der Waals surface area contributed by atoms with Gasteiger partial charge in [0.15, 0.2) is 11.6 Å². The van der Waals surface area contributed by atoms with Crippen LogP contribution in [0, 0.1) is 23.0 Å². The van der Waals surface area contributed by atoms with Crippen LogP contribution in [0.5, 0.6) is 0 Å². The van der Waals surface area contributed by atoms with E-state index in [-0.39, 0.29) is 13.0 Å². The second kappa shape index (κ2) is 7.10. The molecule has 0 aromatic heterocycles. The van der Waals surface area contributed by atoms with E-state index in [1.807, 2.05) is 10.8 Å². The normalized spacial score (nSPS) is 11.1. The zero-order valence-electron chi connectivity index (χ0n) is 10.8. The molecule has 2 N–H and O–H groups in total. The zero-order valence-corrected chi connectivity index (χ0v) is 11.6. The van der Waals surface area contributed by atoms with Gasteiger partial charge in [0, 0.05) is 13.0 Å². The first-order valence-corrected chi connectivity index (χ1v) is 7.37. The summed E-state index contributed by atoms with van der Waals surface area (Å²) in [5.41, 5.74) is -0.668. The molecule has 0 amide bonds. The fourth-order valence-electron chi connectivity index (χ4n) is 1.50. The summed E-state index contributed by atoms with van der Waals surface area (Å²) < 4.78 is 52.5. The van der Waals surface area contributed by atoms with E-state index in [2.05, 4.69) is 0 Å². The molecule has 0 aliphatic carbocycles. The maximum absolute atomic E-state index is 13.5. The highest BCUT2D eigenvalue weighted by Crippen LogP contribution is 2.20. The highest BCUT2D eigenvalue weighted by atomic mass is 32.2. The highest BCUT2D eigenvalue weighted by Gasteiger charge is 2.24. The van der Waals surface area contributed by atoms with E-state index >= 15 is 0 Å². The topological polar surface area (TPSA) is 107 Å². The first-order valence-electron chi connectivity index (χ1n) is 5.88. The summed E-state index contributed by atoms with van der Waals surface area (Å²) in [6.07, 6.45) is 1.04. The number of aromatic carboxylic acids is 1. The second-order valence-corrected chi connectivity index (χ2v) is 5.82. The van der Waals surface area contributed by atoms with Crippen LogP contribution < -0.4 is 4.72 Å². The average molecular weight is 318 g/mol. The minimum absolute atomic E-state index is 0.0671. The van der Waals surface area contributed by atoms with Crippen molar-refractivity contribution in [3.63, 3.8) is 0 Å². The first kappa shape index (κ1) is 17.0. The van der Waals surface area contributed by atoms with E-state index < -0.39 is 38.1 Å². The Morgan fingerprint density at radius 1 is 1.33 bits per heavy atom. The molecule has 0 fully saturated rings. The van der Waals surface area contributed by atoms with E-state index in [1.165, 1.54) is 0 Å². The third-order valence-corrected chi connectivity index (χ3v) is 4.00. The van der Waals surface area contributed by atoms with E-state index in [4.69, 9.17) is 10.4 Å². The second-order valence-electron chi connectivity index (χ2n) is 4.09. The van der Waals surface area contributed by atoms with Gasteiger partial charge < -0.3 is 5.11 Å². The fraction of sp³-hybridized carbons (Fsp3) is 0.333. The van der Waals surface area contributed by atoms with Gasteiger partial charge in [-0.05, 0) is 25.0 Å². The van der Waals surface area contributed by atoms with Crippen LogP contribution in [0.25, 0.3) is 0 Å². The molecule has 0 aliphatic rings. The van der Waals surface area contributed by atoms with E-state index in [1.54, 1.807) is 0 Å². The Balaban J connectivity index is 2.97. The van der Waals surface area contributed by atoms with Crippen molar-refractivity contribution < 1.29 is 27.1 Å². The standard InChI is InChI=1S/C12H12F2N2O4S/c13-9-6-8(12(17)18)7-10(11(9)14)21(19,20)16-5-3-1-2-4-15/h6-7,16H,1-3,5H2,(H,17,18). The molecule has 9 heteroatoms. The van der Waals surface area contributed by atoms with Gasteiger partial charge in [0.1, 0.15) is 4.90 Å². The van der Waals surface area contributed by atoms with Gasteiger partial charge in [0.05, 0.1) is 11.6 Å². The van der Waals surface area contributed by atoms with Crippen molar-refractivity contribution in [2.24, 2.45) is 0 Å². The van der Waals surface area contributed by atoms with Crippen molar-refractivity contribution in [3.8, 4) is 6.07 Å². The lowest BCUT2D eigenvalue weighted by Gasteiger charge is -2.08. The quantitative estimate of drug-likeness (QED) is 0.743. The van der Waals surface area contributed by atoms with Gasteiger partial charge in [-0.25, -0.2) is 26.7 Å². The lowest BCUT2D eigenvalue weighted by Crippen LogP contribution is -2.26. The number of hydrogen-bond acceptors (Lipinski definition) is 4. The monoisotopic (exact) mass is 318 g/mol. The van der Waals surface area contributed by atoms with Gasteiger partial charge in [-0.1, -0.05) is 0 Å². The number of unbranched alkanes of at least 4 members (excludes halogenated alkanes) is 2. The summed E-state index contributed by atoms with van der Waals surface area (Å²) in [4.78, 5) is 9.69. The zero-order chi connectivity index (χ0) is 16.0. The number of nitriles is 1. The lowest BCUT2D eigenvalue weighted by atomic mass is 10.2. The van der Waals surface area contributed by atoms with Crippen LogP contribution in [0.4, 0.5) is 8.78 Å². The molecular formula is C12H12F2N2O4S. The summed E-state index contributed by atoms with van der Waals surface area (Å²) in [5, 5.41) is 17.0. The first-order chi connectivity index (χ1) is 9.79. The third kappa shape index (κ3) is 4.47. The van der Waals surface area contributed by atoms with E-state index in [0.29, 0.717) is 25.0 Å². The van der Waals surface area contributed by atoms with Crippen molar-refractivity contribution in [1.29, 1.82) is 5.26 Å². The maximum atomic E-state index is 13.5. The minimum atomic E-state index is -4.37. The van der Waals surface area contributed by atoms with Crippen LogP contribution in [0.2, 0.25) is 0 Å². The molecule has 0 bridgehead atoms. The molecule has 0 radical (unpaired) electrons. The number of nitrogens with zero attached hydrogens (tertiary/aromatic N) is 1. The summed E-state index contributed by atoms with van der Waals surface area (Å²) in [5.74, 6) is -4.76. The number of carboxylic acid groups (broad SMARTS) is 1. The van der Waals surface area contributed by atoms with Crippen molar-refractivity contribution in [2.45, 2.75) is 24.2 Å². The van der Waals surface area contributed by atoms with Crippen molar-refractivity contribution in [2.75, 3.05) is 6.54 Å². The maximum Gasteiger partial charge on any atom is 0.335 e. The van der Waals surface area contributed by atoms with Crippen LogP contribution in [-0.4, -0.2) is 26.0 Å². The van der Waals surface area contributed by atoms with Gasteiger partial charge >= 0.3 is 5.97 Å². The van der Waals surface area contributed by atoms with Gasteiger partial charge in [-0.15, -0.1) is 0 Å². The number of nitrogens with one attached hydrogen (secondary N) is 1. The molecule has 1 aromatic rings. The number of benzene rings is 1. The largest absolute Gasteiger partial charge is 0.478 e. The average Bonchev–Trinajstić information content (AvgIpc) is 2.40. The summed E-state index contributed by atoms with van der Waals surface area (Å²) in [6, 6.07) is 2.84. The fourth-order valence-corrected chi connectivity index (χ4v) is 2.68. The smallest absolute Gasteiger partial charge is 0.335 e. The van der Waals surface area contributed by atoms with Crippen molar-refractivity contribution in [3.05, 3.63) is 29.3 Å². The van der Waals surface area contributed by atoms with Crippen molar-refractivity contribution >= 4 is 16.0 Å². The number of halogens is 2. The molecule has 0 unspecified atom stereocenters. The molecule has 0 spiro atoms. The van der Waals surface area contributed by atoms with Crippen molar-refractivity contribution in [1.82, 2.24) is 4.72 Å². The van der Waals surface area contributed by atoms with Gasteiger partial charge in [0.25, 0.3) is 0 Å². The molecule has 0 atom stereocenters. The predicted molar refractivity (Wildman–Crippen MR) is 68.0 cm³/mol. The van der Waals surface area contributed by atoms with Crippen LogP contribution in [0.3, 0.4) is 0 Å². The van der Waals surface area contributed by atoms with E-state index in [0.717, 1.165) is 0 Å². The lowest BCUT2D eigenvalue weighted by molar-refractivity contribution is 0.0696. The van der Waals surface area contributed by atoms with Gasteiger partial charge in [-0.3, -0.25) is 0 Å². The van der Waals surface area contributed by atoms with Crippen LogP contribution in [0.15, 0.2) is 17.0 Å². The Morgan fingerprint density at radius 3 is 2.57 bits per heavy atom. The Hall–Kier alpha value is -2.05. The summed E-state index contributed by atoms with van der Waals surface area (Å²) in [7, 11) is -4.37. The summed E-state index contributed by atoms with van der Waals surface area (Å²) in [6.45, 7) is -0.0671. The SMILES string of the molecule is N#CCCCCNS(=O)(=O)c1cc(C(=O)O)cc(F)c1F. The molecule has 0 heterocycles. The predicted octanol–water partition coefficient (Wildman–Crippen LogP) is 1.64. The third-order valence-electron chi connectivity index (χ3n) is 2.54. The molecule has 1 rings (SSSR count). The molecule has 6 nitrogen and oxygen atoms in total. The number of sulfonamides is 1. The number of rotatable bonds is 7. The molecule has 1 aromatic carbocycles. The highest BCUT2D eigenvalue weighted by molar-refractivity contribution is 7.89. The Kier molecular flexibility index (Phi) is 5.75. The molecule has 0 aliphatic heterocycles. The van der Waals surface area contributed by atoms with Gasteiger partial charge in [-0.2, -0.15) is 5.26 Å². The van der Waals surface area contributed by atoms with Crippen LogP contribution >= 0.6 is 0 Å². The number of carboxylic acids is 1. The number of carbonyl (C=O) groups is 1. The van der Waals surface area contributed by atoms with Crippen LogP contribution in [0.1, 0.15) is 29.6 Å². The molecule has 21 heavy (non-hydrogen) atoms. The molecular weight excluding hydrogens is 306 g/mol. The Bertz CT molecular complexity index is 683. The van der Waals surface area contributed by atoms with E-state index in [9.17, 15) is 22.0 Å². The minimum Gasteiger partial charge on any atom is -0.478 e. The Labute approximate surface area is 120 Å². The summed E-state index contributed by atoms with van der Waals surface area (Å²) >= 11 is 0. The molecule has 114 valence electrons. The molecule has 0 saturated heterocycles. The van der Waals surface area contributed by atoms with Crippen LogP contribution in [-0.2, 0) is 10.0 Å².